The molecule has 2 atom stereocenters. The van der Waals surface area contributed by atoms with Gasteiger partial charge >= 0.3 is 0 Å². The van der Waals surface area contributed by atoms with Crippen LogP contribution in [0.5, 0.6) is 0 Å². The lowest BCUT2D eigenvalue weighted by Crippen LogP contribution is -2.33. The Labute approximate surface area is 126 Å². The number of nitro benzene ring substituents is 1. The summed E-state index contributed by atoms with van der Waals surface area (Å²) in [5.41, 5.74) is 5.15. The number of hydrogen-bond acceptors (Lipinski definition) is 5. The predicted molar refractivity (Wildman–Crippen MR) is 78.4 cm³/mol. The van der Waals surface area contributed by atoms with E-state index in [-0.39, 0.29) is 34.1 Å². The minimum Gasteiger partial charge on any atom is -0.392 e. The molecular weight excluding hydrogens is 298 g/mol. The molecule has 1 fully saturated rings. The van der Waals surface area contributed by atoms with Crippen LogP contribution in [0.1, 0.15) is 29.6 Å². The second-order valence-corrected chi connectivity index (χ2v) is 5.40. The van der Waals surface area contributed by atoms with Crippen LogP contribution in [-0.4, -0.2) is 30.1 Å². The fourth-order valence-electron chi connectivity index (χ4n) is 2.44. The molecule has 3 N–H and O–H groups in total. The number of rotatable bonds is 4. The van der Waals surface area contributed by atoms with Crippen molar-refractivity contribution in [2.24, 2.45) is 0 Å². The summed E-state index contributed by atoms with van der Waals surface area (Å²) in [7, 11) is 1.64. The Kier molecular flexibility index (Phi) is 4.64. The summed E-state index contributed by atoms with van der Waals surface area (Å²) < 4.78 is 5.24. The quantitative estimate of drug-likeness (QED) is 0.503. The number of carbonyl (C=O) groups excluding carboxylic acids is 1. The summed E-state index contributed by atoms with van der Waals surface area (Å²) in [6, 6.07) is 2.47. The van der Waals surface area contributed by atoms with E-state index in [1.165, 1.54) is 6.07 Å². The normalized spacial score (nSPS) is 21.2. The van der Waals surface area contributed by atoms with Gasteiger partial charge in [0.15, 0.2) is 0 Å². The Morgan fingerprint density at radius 1 is 1.52 bits per heavy atom. The molecule has 0 radical (unpaired) electrons. The fourth-order valence-corrected chi connectivity index (χ4v) is 2.65. The molecule has 2 rings (SSSR count). The molecule has 114 valence electrons. The van der Waals surface area contributed by atoms with Crippen LogP contribution in [0, 0.1) is 10.1 Å². The van der Waals surface area contributed by atoms with Gasteiger partial charge in [-0.2, -0.15) is 0 Å². The van der Waals surface area contributed by atoms with Crippen molar-refractivity contribution in [1.82, 2.24) is 5.32 Å². The molecule has 1 aromatic carbocycles. The van der Waals surface area contributed by atoms with Crippen LogP contribution in [0.2, 0.25) is 5.02 Å². The Morgan fingerprint density at radius 2 is 2.24 bits per heavy atom. The van der Waals surface area contributed by atoms with Crippen LogP contribution in [0.15, 0.2) is 12.1 Å². The van der Waals surface area contributed by atoms with Crippen molar-refractivity contribution in [3.8, 4) is 0 Å². The van der Waals surface area contributed by atoms with E-state index in [0.29, 0.717) is 0 Å². The molecule has 1 aliphatic carbocycles. The van der Waals surface area contributed by atoms with Gasteiger partial charge in [-0.3, -0.25) is 14.9 Å². The maximum Gasteiger partial charge on any atom is 0.294 e. The number of hydrogen-bond donors (Lipinski definition) is 2. The molecule has 8 heteroatoms. The van der Waals surface area contributed by atoms with Gasteiger partial charge in [0.2, 0.25) is 0 Å². The van der Waals surface area contributed by atoms with Crippen LogP contribution in [0.3, 0.4) is 0 Å². The van der Waals surface area contributed by atoms with Gasteiger partial charge in [0.25, 0.3) is 11.6 Å². The zero-order valence-corrected chi connectivity index (χ0v) is 12.2. The predicted octanol–water partition coefficient (Wildman–Crippen LogP) is 2.13. The van der Waals surface area contributed by atoms with Crippen molar-refractivity contribution in [2.45, 2.75) is 31.4 Å². The average Bonchev–Trinajstić information content (AvgIpc) is 2.88. The molecule has 0 bridgehead atoms. The first-order valence-electron chi connectivity index (χ1n) is 6.49. The van der Waals surface area contributed by atoms with E-state index in [1.807, 2.05) is 0 Å². The van der Waals surface area contributed by atoms with Gasteiger partial charge in [-0.05, 0) is 25.3 Å². The first kappa shape index (κ1) is 15.5. The van der Waals surface area contributed by atoms with Gasteiger partial charge < -0.3 is 15.8 Å². The number of methoxy groups -OCH3 is 1. The Balaban J connectivity index is 2.14. The summed E-state index contributed by atoms with van der Waals surface area (Å²) in [4.78, 5) is 22.4. The number of nitrogens with zero attached hydrogens (tertiary/aromatic N) is 1. The number of nitro groups is 1. The van der Waals surface area contributed by atoms with Gasteiger partial charge in [0.05, 0.1) is 16.0 Å². The van der Waals surface area contributed by atoms with Crippen LogP contribution >= 0.6 is 11.6 Å². The lowest BCUT2D eigenvalue weighted by molar-refractivity contribution is -0.383. The Hall–Kier alpha value is -1.86. The number of ether oxygens (including phenoxy) is 1. The van der Waals surface area contributed by atoms with Gasteiger partial charge in [-0.15, -0.1) is 0 Å². The number of carbonyl (C=O) groups is 1. The van der Waals surface area contributed by atoms with E-state index in [4.69, 9.17) is 22.1 Å². The lowest BCUT2D eigenvalue weighted by Gasteiger charge is -2.13. The maximum absolute atomic E-state index is 12.2. The standard InChI is InChI=1S/C13H16ClN3O4/c1-21-9-3-2-8(6-9)16-13(18)7-4-10(14)12(15)11(5-7)17(19)20/h4-5,8-9H,2-3,6,15H2,1H3,(H,16,18). The van der Waals surface area contributed by atoms with Gasteiger partial charge in [0.1, 0.15) is 5.69 Å². The lowest BCUT2D eigenvalue weighted by atomic mass is 10.1. The van der Waals surface area contributed by atoms with Crippen LogP contribution in [0.25, 0.3) is 0 Å². The molecule has 2 unspecified atom stereocenters. The second-order valence-electron chi connectivity index (χ2n) is 4.99. The fraction of sp³-hybridized carbons (Fsp3) is 0.462. The molecule has 0 aliphatic heterocycles. The number of nitrogens with two attached hydrogens (primary N) is 1. The van der Waals surface area contributed by atoms with Crippen molar-refractivity contribution >= 4 is 28.9 Å². The molecule has 0 saturated heterocycles. The zero-order valence-electron chi connectivity index (χ0n) is 11.5. The van der Waals surface area contributed by atoms with E-state index in [1.54, 1.807) is 7.11 Å². The van der Waals surface area contributed by atoms with E-state index >= 15 is 0 Å². The van der Waals surface area contributed by atoms with Crippen molar-refractivity contribution in [1.29, 1.82) is 0 Å². The first-order valence-corrected chi connectivity index (χ1v) is 6.87. The first-order chi connectivity index (χ1) is 9.92. The third-order valence-electron chi connectivity index (χ3n) is 3.62. The highest BCUT2D eigenvalue weighted by Crippen LogP contribution is 2.31. The van der Waals surface area contributed by atoms with Crippen molar-refractivity contribution < 1.29 is 14.5 Å². The van der Waals surface area contributed by atoms with Crippen molar-refractivity contribution in [3.05, 3.63) is 32.8 Å². The molecular formula is C13H16ClN3O4. The zero-order chi connectivity index (χ0) is 15.6. The number of nitrogen functional groups attached to an aromatic ring is 1. The summed E-state index contributed by atoms with van der Waals surface area (Å²) in [6.07, 6.45) is 2.56. The molecule has 21 heavy (non-hydrogen) atoms. The van der Waals surface area contributed by atoms with Gasteiger partial charge in [-0.25, -0.2) is 0 Å². The van der Waals surface area contributed by atoms with Crippen molar-refractivity contribution in [2.75, 3.05) is 12.8 Å². The SMILES string of the molecule is COC1CCC(NC(=O)c2cc(Cl)c(N)c([N+](=O)[O-])c2)C1. The monoisotopic (exact) mass is 313 g/mol. The number of benzene rings is 1. The summed E-state index contributed by atoms with van der Waals surface area (Å²) in [5, 5.41) is 13.7. The van der Waals surface area contributed by atoms with Gasteiger partial charge in [0, 0.05) is 24.8 Å². The maximum atomic E-state index is 12.2. The second kappa shape index (κ2) is 6.28. The van der Waals surface area contributed by atoms with Crippen LogP contribution < -0.4 is 11.1 Å². The minimum absolute atomic E-state index is 0.00200. The molecule has 1 aliphatic rings. The largest absolute Gasteiger partial charge is 0.392 e. The molecule has 7 nitrogen and oxygen atoms in total. The van der Waals surface area contributed by atoms with Gasteiger partial charge in [-0.1, -0.05) is 11.6 Å². The molecule has 0 heterocycles. The third-order valence-corrected chi connectivity index (χ3v) is 3.93. The minimum atomic E-state index is -0.658. The van der Waals surface area contributed by atoms with Crippen LogP contribution in [0.4, 0.5) is 11.4 Å². The number of anilines is 1. The van der Waals surface area contributed by atoms with E-state index < -0.39 is 10.8 Å². The summed E-state index contributed by atoms with van der Waals surface area (Å²) >= 11 is 5.84. The van der Waals surface area contributed by atoms with Crippen molar-refractivity contribution in [3.63, 3.8) is 0 Å². The highest BCUT2D eigenvalue weighted by Gasteiger charge is 2.27. The number of halogens is 1. The molecule has 1 saturated carbocycles. The van der Waals surface area contributed by atoms with E-state index in [9.17, 15) is 14.9 Å². The number of nitrogens with one attached hydrogen (secondary N) is 1. The summed E-state index contributed by atoms with van der Waals surface area (Å²) in [5.74, 6) is -0.401. The van der Waals surface area contributed by atoms with E-state index in [2.05, 4.69) is 5.32 Å². The molecule has 1 amide bonds. The third kappa shape index (κ3) is 3.43. The highest BCUT2D eigenvalue weighted by molar-refractivity contribution is 6.34. The smallest absolute Gasteiger partial charge is 0.294 e. The Morgan fingerprint density at radius 3 is 2.81 bits per heavy atom. The molecule has 0 spiro atoms. The van der Waals surface area contributed by atoms with E-state index in [0.717, 1.165) is 25.3 Å². The summed E-state index contributed by atoms with van der Waals surface area (Å²) in [6.45, 7) is 0. The molecule has 0 aromatic heterocycles. The topological polar surface area (TPSA) is 107 Å². The van der Waals surface area contributed by atoms with Crippen LogP contribution in [-0.2, 0) is 4.74 Å². The Bertz CT molecular complexity index is 579. The molecule has 1 aromatic rings. The number of amides is 1. The highest BCUT2D eigenvalue weighted by atomic mass is 35.5. The average molecular weight is 314 g/mol.